The van der Waals surface area contributed by atoms with E-state index in [1.54, 1.807) is 16.9 Å². The largest absolute Gasteiger partial charge is 0.492 e. The number of aromatic nitrogens is 4. The van der Waals surface area contributed by atoms with Gasteiger partial charge in [0.25, 0.3) is 5.91 Å². The zero-order valence-corrected chi connectivity index (χ0v) is 14.9. The Balaban J connectivity index is 1.95. The number of thiocarbonyl (C=S) groups is 1. The lowest BCUT2D eigenvalue weighted by molar-refractivity contribution is -0.804. The van der Waals surface area contributed by atoms with E-state index < -0.39 is 5.91 Å². The number of amides is 1. The van der Waals surface area contributed by atoms with Gasteiger partial charge < -0.3 is 4.74 Å². The Hall–Kier alpha value is -2.26. The van der Waals surface area contributed by atoms with Crippen LogP contribution in [0, 0.1) is 0 Å². The number of hydrogen-bond acceptors (Lipinski definition) is 5. The number of nitrogens with one attached hydrogen (secondary N) is 3. The predicted molar refractivity (Wildman–Crippen MR) is 93.2 cm³/mol. The number of hydrogen-bond donors (Lipinski definition) is 3. The van der Waals surface area contributed by atoms with Gasteiger partial charge >= 0.3 is 5.95 Å². The lowest BCUT2D eigenvalue weighted by Gasteiger charge is -2.08. The molecule has 8 nitrogen and oxygen atoms in total. The van der Waals surface area contributed by atoms with Crippen LogP contribution in [0.25, 0.3) is 0 Å². The minimum atomic E-state index is -0.394. The van der Waals surface area contributed by atoms with Gasteiger partial charge in [-0.25, -0.2) is 0 Å². The molecule has 24 heavy (non-hydrogen) atoms. The molecule has 0 aliphatic carbocycles. The van der Waals surface area contributed by atoms with Crippen molar-refractivity contribution in [3.8, 4) is 5.75 Å². The van der Waals surface area contributed by atoms with E-state index >= 15 is 0 Å². The Labute approximate surface area is 149 Å². The quantitative estimate of drug-likeness (QED) is 0.529. The summed E-state index contributed by atoms with van der Waals surface area (Å²) in [6.07, 6.45) is 0.916. The number of aromatic amines is 1. The third-order valence-corrected chi connectivity index (χ3v) is 3.37. The Morgan fingerprint density at radius 2 is 2.25 bits per heavy atom. The molecule has 1 amide bonds. The molecule has 0 aliphatic rings. The number of halogens is 1. The van der Waals surface area contributed by atoms with Crippen LogP contribution in [0.5, 0.6) is 5.75 Å². The van der Waals surface area contributed by atoms with Gasteiger partial charge in [-0.2, -0.15) is 0 Å². The van der Waals surface area contributed by atoms with Gasteiger partial charge in [-0.3, -0.25) is 15.4 Å². The maximum atomic E-state index is 12.2. The Morgan fingerprint density at radius 3 is 2.92 bits per heavy atom. The number of aryl methyl sites for hydroxylation is 1. The summed E-state index contributed by atoms with van der Waals surface area (Å²) < 4.78 is 5.33. The monoisotopic (exact) mass is 369 g/mol. The number of tetrazole rings is 1. The number of ether oxygens (including phenoxy) is 1. The summed E-state index contributed by atoms with van der Waals surface area (Å²) in [6, 6.07) is 4.77. The van der Waals surface area contributed by atoms with Crippen LogP contribution < -0.4 is 20.2 Å². The van der Waals surface area contributed by atoms with Crippen LogP contribution in [0.15, 0.2) is 18.2 Å². The van der Waals surface area contributed by atoms with Crippen LogP contribution >= 0.6 is 23.8 Å². The first-order chi connectivity index (χ1) is 11.5. The van der Waals surface area contributed by atoms with Gasteiger partial charge in [0.15, 0.2) is 5.11 Å². The highest BCUT2D eigenvalue weighted by molar-refractivity contribution is 7.80. The van der Waals surface area contributed by atoms with E-state index in [2.05, 4.69) is 26.0 Å². The third kappa shape index (κ3) is 4.87. The third-order valence-electron chi connectivity index (χ3n) is 2.87. The SMILES string of the molecule is CCC[n+]1nc(NC(=S)NC(=O)c2ccc(OCC)c(Cl)c2)n[nH]1. The molecular formula is C14H18ClN6O2S+. The van der Waals surface area contributed by atoms with Gasteiger partial charge in [-0.1, -0.05) is 23.3 Å². The minimum absolute atomic E-state index is 0.0904. The Bertz CT molecular complexity index is 736. The first-order valence-corrected chi connectivity index (χ1v) is 8.19. The Morgan fingerprint density at radius 1 is 1.46 bits per heavy atom. The van der Waals surface area contributed by atoms with Gasteiger partial charge in [-0.05, 0) is 49.0 Å². The predicted octanol–water partition coefficient (Wildman–Crippen LogP) is 1.68. The molecule has 0 radical (unpaired) electrons. The highest BCUT2D eigenvalue weighted by Gasteiger charge is 2.15. The van der Waals surface area contributed by atoms with Crippen molar-refractivity contribution in [2.45, 2.75) is 26.8 Å². The van der Waals surface area contributed by atoms with Crippen molar-refractivity contribution in [2.24, 2.45) is 0 Å². The first-order valence-electron chi connectivity index (χ1n) is 7.40. The van der Waals surface area contributed by atoms with E-state index in [1.807, 2.05) is 13.8 Å². The molecule has 10 heteroatoms. The summed E-state index contributed by atoms with van der Waals surface area (Å²) >= 11 is 11.2. The topological polar surface area (TPSA) is 95.8 Å². The van der Waals surface area contributed by atoms with Gasteiger partial charge in [-0.15, -0.1) is 0 Å². The van der Waals surface area contributed by atoms with Crippen molar-refractivity contribution >= 4 is 40.8 Å². The van der Waals surface area contributed by atoms with E-state index in [0.717, 1.165) is 6.42 Å². The van der Waals surface area contributed by atoms with Crippen molar-refractivity contribution in [3.05, 3.63) is 28.8 Å². The van der Waals surface area contributed by atoms with Crippen LogP contribution in [0.4, 0.5) is 5.95 Å². The first kappa shape index (κ1) is 18.1. The average molecular weight is 370 g/mol. The molecule has 2 aromatic rings. The second-order valence-electron chi connectivity index (χ2n) is 4.75. The maximum absolute atomic E-state index is 12.2. The highest BCUT2D eigenvalue weighted by atomic mass is 35.5. The van der Waals surface area contributed by atoms with Gasteiger partial charge in [0.2, 0.25) is 0 Å². The molecule has 0 fully saturated rings. The molecule has 0 unspecified atom stereocenters. The number of carbonyl (C=O) groups excluding carboxylic acids is 1. The molecule has 0 saturated carbocycles. The second-order valence-corrected chi connectivity index (χ2v) is 5.56. The minimum Gasteiger partial charge on any atom is -0.492 e. The highest BCUT2D eigenvalue weighted by Crippen LogP contribution is 2.25. The summed E-state index contributed by atoms with van der Waals surface area (Å²) in [5.41, 5.74) is 0.364. The number of carbonyl (C=O) groups is 1. The smallest absolute Gasteiger partial charge is 0.407 e. The standard InChI is InChI=1S/C14H17ClN6O2S/c1-3-7-21-19-13(18-20-21)17-14(24)16-12(22)9-5-6-11(23-4-2)10(15)8-9/h5-6,8H,3-4,7H2,1-2H3,(H2,16,17,19,22,24)/p+1. The van der Waals surface area contributed by atoms with Crippen molar-refractivity contribution in [2.75, 3.05) is 11.9 Å². The molecule has 0 bridgehead atoms. The van der Waals surface area contributed by atoms with Crippen LogP contribution in [0.3, 0.4) is 0 Å². The van der Waals surface area contributed by atoms with Crippen LogP contribution in [0.2, 0.25) is 5.02 Å². The fourth-order valence-electron chi connectivity index (χ4n) is 1.85. The number of rotatable bonds is 6. The molecular weight excluding hydrogens is 352 g/mol. The number of nitrogens with zero attached hydrogens (tertiary/aromatic N) is 3. The van der Waals surface area contributed by atoms with Crippen LogP contribution in [-0.2, 0) is 6.54 Å². The fraction of sp³-hybridized carbons (Fsp3) is 0.357. The summed E-state index contributed by atoms with van der Waals surface area (Å²) in [4.78, 5) is 13.8. The van der Waals surface area contributed by atoms with Crippen LogP contribution in [-0.4, -0.2) is 33.0 Å². The molecule has 1 heterocycles. The molecule has 0 aliphatic heterocycles. The molecule has 2 rings (SSSR count). The number of H-pyrrole nitrogens is 1. The summed E-state index contributed by atoms with van der Waals surface area (Å²) in [5.74, 6) is 0.408. The van der Waals surface area contributed by atoms with Crippen molar-refractivity contribution in [3.63, 3.8) is 0 Å². The van der Waals surface area contributed by atoms with Gasteiger partial charge in [0.1, 0.15) is 12.3 Å². The molecule has 1 aromatic carbocycles. The average Bonchev–Trinajstić information content (AvgIpc) is 2.96. The summed E-state index contributed by atoms with van der Waals surface area (Å²) in [6.45, 7) is 5.08. The molecule has 0 saturated heterocycles. The second kappa shape index (κ2) is 8.55. The van der Waals surface area contributed by atoms with E-state index in [-0.39, 0.29) is 11.1 Å². The van der Waals surface area contributed by atoms with Crippen molar-refractivity contribution < 1.29 is 14.3 Å². The van der Waals surface area contributed by atoms with Crippen molar-refractivity contribution in [1.82, 2.24) is 20.7 Å². The number of anilines is 1. The zero-order chi connectivity index (χ0) is 17.5. The van der Waals surface area contributed by atoms with E-state index in [0.29, 0.717) is 29.5 Å². The maximum Gasteiger partial charge on any atom is 0.407 e. The molecule has 3 N–H and O–H groups in total. The molecule has 0 spiro atoms. The summed E-state index contributed by atoms with van der Waals surface area (Å²) in [5, 5.41) is 16.5. The molecule has 0 atom stereocenters. The lowest BCUT2D eigenvalue weighted by atomic mass is 10.2. The zero-order valence-electron chi connectivity index (χ0n) is 13.3. The normalized spacial score (nSPS) is 10.3. The number of benzene rings is 1. The molecule has 1 aromatic heterocycles. The molecule has 128 valence electrons. The van der Waals surface area contributed by atoms with E-state index in [4.69, 9.17) is 28.6 Å². The van der Waals surface area contributed by atoms with Gasteiger partial charge in [0, 0.05) is 10.7 Å². The Kier molecular flexibility index (Phi) is 6.44. The van der Waals surface area contributed by atoms with Crippen LogP contribution in [0.1, 0.15) is 30.6 Å². The van der Waals surface area contributed by atoms with E-state index in [1.165, 1.54) is 6.07 Å². The lowest BCUT2D eigenvalue weighted by Crippen LogP contribution is -2.39. The van der Waals surface area contributed by atoms with E-state index in [9.17, 15) is 4.79 Å². The summed E-state index contributed by atoms with van der Waals surface area (Å²) in [7, 11) is 0. The fourth-order valence-corrected chi connectivity index (χ4v) is 2.27. The van der Waals surface area contributed by atoms with Gasteiger partial charge in [0.05, 0.1) is 16.7 Å². The van der Waals surface area contributed by atoms with Crippen molar-refractivity contribution in [1.29, 1.82) is 0 Å².